The SMILES string of the molecule is CCC[C@@H](O)[C@@H](N)c1ccc(O)cc1O.Cl. The molecule has 0 unspecified atom stereocenters. The second-order valence-electron chi connectivity index (χ2n) is 3.62. The average Bonchev–Trinajstić information content (AvgIpc) is 2.17. The molecule has 0 fully saturated rings. The third-order valence-corrected chi connectivity index (χ3v) is 2.37. The van der Waals surface area contributed by atoms with Crippen LogP contribution in [0.25, 0.3) is 0 Å². The largest absolute Gasteiger partial charge is 0.508 e. The molecular weight excluding hydrogens is 230 g/mol. The Hall–Kier alpha value is -0.970. The van der Waals surface area contributed by atoms with Gasteiger partial charge < -0.3 is 21.1 Å². The van der Waals surface area contributed by atoms with Gasteiger partial charge in [-0.15, -0.1) is 12.4 Å². The van der Waals surface area contributed by atoms with E-state index in [-0.39, 0.29) is 23.9 Å². The normalized spacial score (nSPS) is 13.9. The summed E-state index contributed by atoms with van der Waals surface area (Å²) in [6.45, 7) is 1.95. The highest BCUT2D eigenvalue weighted by Crippen LogP contribution is 2.29. The first-order chi connectivity index (χ1) is 7.06. The molecule has 5 heteroatoms. The molecule has 1 aromatic carbocycles. The molecule has 0 bridgehead atoms. The van der Waals surface area contributed by atoms with Gasteiger partial charge in [0.1, 0.15) is 11.5 Å². The van der Waals surface area contributed by atoms with Gasteiger partial charge in [0, 0.05) is 11.6 Å². The van der Waals surface area contributed by atoms with Crippen LogP contribution in [0, 0.1) is 0 Å². The lowest BCUT2D eigenvalue weighted by Gasteiger charge is -2.19. The monoisotopic (exact) mass is 247 g/mol. The van der Waals surface area contributed by atoms with E-state index in [2.05, 4.69) is 0 Å². The van der Waals surface area contributed by atoms with E-state index < -0.39 is 12.1 Å². The van der Waals surface area contributed by atoms with E-state index in [4.69, 9.17) is 10.8 Å². The van der Waals surface area contributed by atoms with Crippen molar-refractivity contribution < 1.29 is 15.3 Å². The molecule has 0 aliphatic carbocycles. The van der Waals surface area contributed by atoms with Crippen molar-refractivity contribution in [2.75, 3.05) is 0 Å². The van der Waals surface area contributed by atoms with E-state index in [1.54, 1.807) is 0 Å². The van der Waals surface area contributed by atoms with Crippen molar-refractivity contribution in [3.8, 4) is 11.5 Å². The predicted octanol–water partition coefficient (Wildman–Crippen LogP) is 1.68. The van der Waals surface area contributed by atoms with Gasteiger partial charge in [-0.1, -0.05) is 13.3 Å². The predicted molar refractivity (Wildman–Crippen MR) is 64.9 cm³/mol. The van der Waals surface area contributed by atoms with Crippen LogP contribution in [0.4, 0.5) is 0 Å². The van der Waals surface area contributed by atoms with Gasteiger partial charge >= 0.3 is 0 Å². The summed E-state index contributed by atoms with van der Waals surface area (Å²) in [5, 5.41) is 28.3. The van der Waals surface area contributed by atoms with E-state index in [1.807, 2.05) is 6.92 Å². The third-order valence-electron chi connectivity index (χ3n) is 2.37. The summed E-state index contributed by atoms with van der Waals surface area (Å²) in [6.07, 6.45) is 0.736. The summed E-state index contributed by atoms with van der Waals surface area (Å²) in [7, 11) is 0. The highest BCUT2D eigenvalue weighted by molar-refractivity contribution is 5.85. The Balaban J connectivity index is 0.00000225. The molecule has 0 aliphatic rings. The van der Waals surface area contributed by atoms with Crippen molar-refractivity contribution in [2.45, 2.75) is 31.9 Å². The fourth-order valence-electron chi connectivity index (χ4n) is 1.50. The first-order valence-corrected chi connectivity index (χ1v) is 5.01. The second kappa shape index (κ2) is 6.58. The van der Waals surface area contributed by atoms with E-state index in [0.717, 1.165) is 6.42 Å². The Morgan fingerprint density at radius 2 is 1.94 bits per heavy atom. The molecule has 0 radical (unpaired) electrons. The number of halogens is 1. The molecule has 0 aromatic heterocycles. The summed E-state index contributed by atoms with van der Waals surface area (Å²) < 4.78 is 0. The summed E-state index contributed by atoms with van der Waals surface area (Å²) in [5.41, 5.74) is 6.24. The smallest absolute Gasteiger partial charge is 0.124 e. The zero-order chi connectivity index (χ0) is 11.4. The maximum atomic E-state index is 9.67. The molecule has 0 saturated carbocycles. The lowest BCUT2D eigenvalue weighted by atomic mass is 9.98. The van der Waals surface area contributed by atoms with Gasteiger partial charge in [-0.05, 0) is 18.6 Å². The number of aliphatic hydroxyl groups is 1. The van der Waals surface area contributed by atoms with Crippen LogP contribution >= 0.6 is 12.4 Å². The molecule has 0 heterocycles. The van der Waals surface area contributed by atoms with Gasteiger partial charge in [-0.25, -0.2) is 0 Å². The number of nitrogens with two attached hydrogens (primary N) is 1. The molecule has 92 valence electrons. The molecule has 16 heavy (non-hydrogen) atoms. The second-order valence-corrected chi connectivity index (χ2v) is 3.62. The number of phenolic OH excluding ortho intramolecular Hbond substituents is 2. The van der Waals surface area contributed by atoms with Crippen molar-refractivity contribution in [2.24, 2.45) is 5.73 Å². The molecule has 0 aliphatic heterocycles. The van der Waals surface area contributed by atoms with Crippen molar-refractivity contribution in [3.05, 3.63) is 23.8 Å². The summed E-state index contributed by atoms with van der Waals surface area (Å²) in [6, 6.07) is 3.56. The Morgan fingerprint density at radius 1 is 1.31 bits per heavy atom. The van der Waals surface area contributed by atoms with Crippen molar-refractivity contribution >= 4 is 12.4 Å². The first-order valence-electron chi connectivity index (χ1n) is 5.01. The van der Waals surface area contributed by atoms with Crippen molar-refractivity contribution in [1.29, 1.82) is 0 Å². The van der Waals surface area contributed by atoms with Crippen LogP contribution < -0.4 is 5.73 Å². The van der Waals surface area contributed by atoms with Crippen LogP contribution in [0.2, 0.25) is 0 Å². The maximum absolute atomic E-state index is 9.67. The number of hydrogen-bond acceptors (Lipinski definition) is 4. The quantitative estimate of drug-likeness (QED) is 0.652. The minimum Gasteiger partial charge on any atom is -0.508 e. The summed E-state index contributed by atoms with van der Waals surface area (Å²) in [4.78, 5) is 0. The zero-order valence-electron chi connectivity index (χ0n) is 9.13. The topological polar surface area (TPSA) is 86.7 Å². The van der Waals surface area contributed by atoms with Crippen LogP contribution in [-0.4, -0.2) is 21.4 Å². The van der Waals surface area contributed by atoms with E-state index >= 15 is 0 Å². The molecule has 0 spiro atoms. The van der Waals surface area contributed by atoms with Gasteiger partial charge in [0.2, 0.25) is 0 Å². The Kier molecular flexibility index (Phi) is 6.18. The summed E-state index contributed by atoms with van der Waals surface area (Å²) >= 11 is 0. The lowest BCUT2D eigenvalue weighted by Crippen LogP contribution is -2.25. The van der Waals surface area contributed by atoms with E-state index in [9.17, 15) is 10.2 Å². The van der Waals surface area contributed by atoms with Crippen LogP contribution in [0.3, 0.4) is 0 Å². The Morgan fingerprint density at radius 3 is 2.44 bits per heavy atom. The molecule has 0 saturated heterocycles. The molecule has 1 rings (SSSR count). The fraction of sp³-hybridized carbons (Fsp3) is 0.455. The van der Waals surface area contributed by atoms with E-state index in [1.165, 1.54) is 18.2 Å². The number of aliphatic hydroxyl groups excluding tert-OH is 1. The fourth-order valence-corrected chi connectivity index (χ4v) is 1.50. The number of rotatable bonds is 4. The minimum absolute atomic E-state index is 0. The molecular formula is C11H18ClNO3. The molecule has 1 aromatic rings. The van der Waals surface area contributed by atoms with Crippen molar-refractivity contribution in [1.82, 2.24) is 0 Å². The number of aromatic hydroxyl groups is 2. The van der Waals surface area contributed by atoms with Crippen LogP contribution in [0.5, 0.6) is 11.5 Å². The van der Waals surface area contributed by atoms with Crippen LogP contribution in [0.1, 0.15) is 31.4 Å². The highest BCUT2D eigenvalue weighted by Gasteiger charge is 2.19. The number of benzene rings is 1. The third kappa shape index (κ3) is 3.56. The standard InChI is InChI=1S/C11H17NO3.ClH/c1-2-3-9(14)11(12)8-5-4-7(13)6-10(8)15;/h4-6,9,11,13-15H,2-3,12H2,1H3;1H/t9-,11+;/m1./s1. The van der Waals surface area contributed by atoms with E-state index in [0.29, 0.717) is 12.0 Å². The molecule has 0 amide bonds. The van der Waals surface area contributed by atoms with Gasteiger partial charge in [-0.3, -0.25) is 0 Å². The number of hydrogen-bond donors (Lipinski definition) is 4. The van der Waals surface area contributed by atoms with Gasteiger partial charge in [0.25, 0.3) is 0 Å². The Labute approximate surface area is 101 Å². The van der Waals surface area contributed by atoms with Crippen molar-refractivity contribution in [3.63, 3.8) is 0 Å². The maximum Gasteiger partial charge on any atom is 0.124 e. The van der Waals surface area contributed by atoms with Crippen LogP contribution in [-0.2, 0) is 0 Å². The number of phenols is 2. The van der Waals surface area contributed by atoms with Gasteiger partial charge in [0.05, 0.1) is 12.1 Å². The molecule has 5 N–H and O–H groups in total. The highest BCUT2D eigenvalue weighted by atomic mass is 35.5. The molecule has 4 nitrogen and oxygen atoms in total. The minimum atomic E-state index is -0.676. The average molecular weight is 248 g/mol. The van der Waals surface area contributed by atoms with Crippen LogP contribution in [0.15, 0.2) is 18.2 Å². The van der Waals surface area contributed by atoms with Gasteiger partial charge in [-0.2, -0.15) is 0 Å². The molecule has 2 atom stereocenters. The zero-order valence-corrected chi connectivity index (χ0v) is 9.94. The van der Waals surface area contributed by atoms with Gasteiger partial charge in [0.15, 0.2) is 0 Å². The summed E-state index contributed by atoms with van der Waals surface area (Å²) in [5.74, 6) is -0.105. The first kappa shape index (κ1) is 15.0. The lowest BCUT2D eigenvalue weighted by molar-refractivity contribution is 0.133. The Bertz CT molecular complexity index is 333.